The lowest BCUT2D eigenvalue weighted by atomic mass is 9.67. The van der Waals surface area contributed by atoms with Crippen LogP contribution in [-0.4, -0.2) is 9.97 Å². The number of nitrogens with zero attached hydrogens (tertiary/aromatic N) is 3. The summed E-state index contributed by atoms with van der Waals surface area (Å²) < 4.78 is 0. The maximum Gasteiger partial charge on any atom is 0.0714 e. The van der Waals surface area contributed by atoms with Crippen LogP contribution in [0.4, 0.5) is 17.1 Å². The molecule has 0 saturated carbocycles. The minimum absolute atomic E-state index is 0.487. The third-order valence-corrected chi connectivity index (χ3v) is 10.2. The van der Waals surface area contributed by atoms with Crippen molar-refractivity contribution in [2.24, 2.45) is 0 Å². The van der Waals surface area contributed by atoms with Crippen LogP contribution >= 0.6 is 0 Å². The normalized spacial score (nSPS) is 13.5. The van der Waals surface area contributed by atoms with Crippen molar-refractivity contribution in [2.75, 3.05) is 4.90 Å². The molecule has 0 amide bonds. The first-order chi connectivity index (χ1) is 23.8. The van der Waals surface area contributed by atoms with E-state index in [0.717, 1.165) is 28.3 Å². The van der Waals surface area contributed by atoms with E-state index in [1.165, 1.54) is 55.3 Å². The maximum absolute atomic E-state index is 4.75. The van der Waals surface area contributed by atoms with Crippen LogP contribution in [0.25, 0.3) is 44.3 Å². The van der Waals surface area contributed by atoms with Crippen molar-refractivity contribution < 1.29 is 0 Å². The first-order valence-corrected chi connectivity index (χ1v) is 16.4. The number of hydrogen-bond acceptors (Lipinski definition) is 3. The maximum atomic E-state index is 4.75. The van der Waals surface area contributed by atoms with E-state index in [2.05, 4.69) is 155 Å². The highest BCUT2D eigenvalue weighted by atomic mass is 15.2. The van der Waals surface area contributed by atoms with Gasteiger partial charge in [-0.2, -0.15) is 0 Å². The number of anilines is 3. The van der Waals surface area contributed by atoms with Gasteiger partial charge in [-0.25, -0.2) is 0 Å². The van der Waals surface area contributed by atoms with Crippen LogP contribution in [-0.2, 0) is 5.41 Å². The monoisotopic (exact) mass is 611 g/mol. The molecule has 1 aliphatic heterocycles. The first-order valence-electron chi connectivity index (χ1n) is 16.4. The van der Waals surface area contributed by atoms with E-state index >= 15 is 0 Å². The Balaban J connectivity index is 1.35. The van der Waals surface area contributed by atoms with E-state index in [9.17, 15) is 0 Å². The van der Waals surface area contributed by atoms with Crippen molar-refractivity contribution in [3.8, 4) is 33.5 Å². The van der Waals surface area contributed by atoms with Crippen LogP contribution in [0, 0.1) is 0 Å². The summed E-state index contributed by atoms with van der Waals surface area (Å²) in [6.45, 7) is 0. The fraction of sp³-hybridized carbons (Fsp3) is 0.0222. The van der Waals surface area contributed by atoms with E-state index in [4.69, 9.17) is 4.98 Å². The van der Waals surface area contributed by atoms with Crippen molar-refractivity contribution >= 4 is 27.8 Å². The van der Waals surface area contributed by atoms with Crippen LogP contribution in [0.3, 0.4) is 0 Å². The molecule has 8 aromatic rings. The fourth-order valence-electron chi connectivity index (χ4n) is 8.32. The summed E-state index contributed by atoms with van der Waals surface area (Å²) in [6, 6.07) is 57.4. The van der Waals surface area contributed by atoms with E-state index < -0.39 is 5.41 Å². The van der Waals surface area contributed by atoms with Crippen LogP contribution in [0.15, 0.2) is 176 Å². The number of rotatable bonds is 4. The van der Waals surface area contributed by atoms with Crippen LogP contribution < -0.4 is 4.90 Å². The zero-order valence-corrected chi connectivity index (χ0v) is 26.1. The molecule has 0 bridgehead atoms. The number of benzene rings is 6. The summed E-state index contributed by atoms with van der Waals surface area (Å²) in [5.74, 6) is 0. The molecule has 1 aliphatic carbocycles. The Hall–Kier alpha value is -6.32. The number of hydrogen-bond donors (Lipinski definition) is 0. The summed E-state index contributed by atoms with van der Waals surface area (Å²) in [7, 11) is 0. The van der Waals surface area contributed by atoms with Crippen molar-refractivity contribution in [2.45, 2.75) is 5.41 Å². The second-order valence-electron chi connectivity index (χ2n) is 12.6. The van der Waals surface area contributed by atoms with Crippen molar-refractivity contribution in [3.05, 3.63) is 199 Å². The number of aromatic nitrogens is 2. The second-order valence-corrected chi connectivity index (χ2v) is 12.6. The Morgan fingerprint density at radius 2 is 1.21 bits per heavy atom. The van der Waals surface area contributed by atoms with Gasteiger partial charge in [-0.15, -0.1) is 0 Å². The molecule has 3 heteroatoms. The van der Waals surface area contributed by atoms with E-state index in [1.54, 1.807) is 0 Å². The van der Waals surface area contributed by atoms with Crippen LogP contribution in [0.1, 0.15) is 22.3 Å². The average Bonchev–Trinajstić information content (AvgIpc) is 3.46. The highest BCUT2D eigenvalue weighted by Gasteiger charge is 2.47. The smallest absolute Gasteiger partial charge is 0.0714 e. The van der Waals surface area contributed by atoms with Gasteiger partial charge in [0, 0.05) is 28.9 Å². The molecule has 2 aromatic heterocycles. The zero-order valence-electron chi connectivity index (χ0n) is 26.1. The lowest BCUT2D eigenvalue weighted by molar-refractivity contribution is 0.768. The predicted molar refractivity (Wildman–Crippen MR) is 196 cm³/mol. The Bertz CT molecular complexity index is 2450. The summed E-state index contributed by atoms with van der Waals surface area (Å²) in [4.78, 5) is 11.7. The molecule has 2 aliphatic rings. The van der Waals surface area contributed by atoms with Gasteiger partial charge in [0.25, 0.3) is 0 Å². The molecular weight excluding hydrogens is 583 g/mol. The Morgan fingerprint density at radius 1 is 0.458 bits per heavy atom. The van der Waals surface area contributed by atoms with Gasteiger partial charge in [0.05, 0.1) is 34.4 Å². The third kappa shape index (κ3) is 3.64. The van der Waals surface area contributed by atoms with Crippen molar-refractivity contribution in [1.82, 2.24) is 9.97 Å². The van der Waals surface area contributed by atoms with Gasteiger partial charge in [0.15, 0.2) is 0 Å². The third-order valence-electron chi connectivity index (χ3n) is 10.2. The standard InChI is InChI=1S/C45H29N3/c1-3-13-30(14-4-1)45(31-15-5-2-6-16-31)39-21-8-7-18-33(39)37-27-38-36-20-11-19-35-34(41-22-9-10-26-47-41)23-24-42(44(35)36)48(43(38)28-40(37)45)32-17-12-25-46-29-32/h1-29H. The number of fused-ring (bicyclic) bond motifs is 5. The van der Waals surface area contributed by atoms with E-state index in [1.807, 2.05) is 30.7 Å². The van der Waals surface area contributed by atoms with Gasteiger partial charge < -0.3 is 4.90 Å². The Kier molecular flexibility index (Phi) is 5.79. The van der Waals surface area contributed by atoms with Gasteiger partial charge in [0.2, 0.25) is 0 Å². The number of pyridine rings is 2. The molecule has 224 valence electrons. The molecule has 3 nitrogen and oxygen atoms in total. The molecule has 0 spiro atoms. The van der Waals surface area contributed by atoms with Gasteiger partial charge in [-0.05, 0) is 86.8 Å². The molecule has 0 unspecified atom stereocenters. The Labute approximate surface area is 279 Å². The van der Waals surface area contributed by atoms with Gasteiger partial charge in [-0.3, -0.25) is 9.97 Å². The highest BCUT2D eigenvalue weighted by Crippen LogP contribution is 2.60. The molecule has 0 fully saturated rings. The topological polar surface area (TPSA) is 29.0 Å². The van der Waals surface area contributed by atoms with Crippen molar-refractivity contribution in [1.29, 1.82) is 0 Å². The molecule has 10 rings (SSSR count). The van der Waals surface area contributed by atoms with Gasteiger partial charge >= 0.3 is 0 Å². The highest BCUT2D eigenvalue weighted by molar-refractivity contribution is 6.18. The minimum Gasteiger partial charge on any atom is -0.308 e. The first kappa shape index (κ1) is 26.9. The average molecular weight is 612 g/mol. The van der Waals surface area contributed by atoms with E-state index in [0.29, 0.717) is 0 Å². The summed E-state index contributed by atoms with van der Waals surface area (Å²) in [5.41, 5.74) is 15.0. The molecular formula is C45H29N3. The lowest BCUT2D eigenvalue weighted by Gasteiger charge is -2.37. The SMILES string of the molecule is c1ccc(C2(c3ccccc3)c3ccccc3-c3cc4c(cc32)N(c2cccnc2)c2ccc(-c3ccccn3)c3cccc-4c23)cc1. The van der Waals surface area contributed by atoms with Crippen LogP contribution in [0.5, 0.6) is 0 Å². The van der Waals surface area contributed by atoms with Crippen LogP contribution in [0.2, 0.25) is 0 Å². The summed E-state index contributed by atoms with van der Waals surface area (Å²) in [5, 5.41) is 2.41. The van der Waals surface area contributed by atoms with Crippen molar-refractivity contribution in [3.63, 3.8) is 0 Å². The van der Waals surface area contributed by atoms with Gasteiger partial charge in [0.1, 0.15) is 0 Å². The predicted octanol–water partition coefficient (Wildman–Crippen LogP) is 11.1. The summed E-state index contributed by atoms with van der Waals surface area (Å²) >= 11 is 0. The second kappa shape index (κ2) is 10.3. The molecule has 3 heterocycles. The molecule has 0 radical (unpaired) electrons. The molecule has 6 aromatic carbocycles. The quantitative estimate of drug-likeness (QED) is 0.198. The zero-order chi connectivity index (χ0) is 31.7. The van der Waals surface area contributed by atoms with Gasteiger partial charge in [-0.1, -0.05) is 115 Å². The largest absolute Gasteiger partial charge is 0.308 e. The fourth-order valence-corrected chi connectivity index (χ4v) is 8.32. The molecule has 0 atom stereocenters. The molecule has 48 heavy (non-hydrogen) atoms. The minimum atomic E-state index is -0.487. The van der Waals surface area contributed by atoms with E-state index in [-0.39, 0.29) is 0 Å². The molecule has 0 N–H and O–H groups in total. The summed E-state index contributed by atoms with van der Waals surface area (Å²) in [6.07, 6.45) is 5.69. The lowest BCUT2D eigenvalue weighted by Crippen LogP contribution is -2.29. The molecule has 0 saturated heterocycles. The Morgan fingerprint density at radius 3 is 1.96 bits per heavy atom.